The molecule has 0 aliphatic carbocycles. The highest BCUT2D eigenvalue weighted by molar-refractivity contribution is 7.86. The van der Waals surface area contributed by atoms with Gasteiger partial charge in [0.25, 0.3) is 10.2 Å². The van der Waals surface area contributed by atoms with Crippen LogP contribution in [0.2, 0.25) is 0 Å². The Hall–Kier alpha value is -0.700. The third-order valence-corrected chi connectivity index (χ3v) is 5.44. The Kier molecular flexibility index (Phi) is 6.87. The fourth-order valence-corrected chi connectivity index (χ4v) is 3.65. The third-order valence-electron chi connectivity index (χ3n) is 3.45. The van der Waals surface area contributed by atoms with Gasteiger partial charge >= 0.3 is 5.97 Å². The van der Waals surface area contributed by atoms with Crippen LogP contribution in [0.1, 0.15) is 26.2 Å². The fraction of sp³-hybridized carbons (Fsp3) is 0.917. The molecular weight excluding hydrogens is 282 g/mol. The monoisotopic (exact) mass is 307 g/mol. The molecule has 1 aliphatic heterocycles. The Labute approximate surface area is 121 Å². The molecule has 0 unspecified atom stereocenters. The van der Waals surface area contributed by atoms with E-state index in [9.17, 15) is 13.2 Å². The van der Waals surface area contributed by atoms with Crippen molar-refractivity contribution >= 4 is 16.2 Å². The molecule has 0 saturated carbocycles. The topological polar surface area (TPSA) is 81.2 Å². The van der Waals surface area contributed by atoms with Gasteiger partial charge in [-0.3, -0.25) is 9.69 Å². The van der Waals surface area contributed by atoms with E-state index in [2.05, 4.69) is 0 Å². The number of carbonyl (C=O) groups is 1. The zero-order valence-corrected chi connectivity index (χ0v) is 13.1. The molecule has 0 atom stereocenters. The van der Waals surface area contributed by atoms with Crippen molar-refractivity contribution in [1.82, 2.24) is 13.5 Å². The summed E-state index contributed by atoms with van der Waals surface area (Å²) in [7, 11) is -1.81. The summed E-state index contributed by atoms with van der Waals surface area (Å²) in [5, 5.41) is 8.79. The number of carboxylic acids is 1. The van der Waals surface area contributed by atoms with Gasteiger partial charge in [0.1, 0.15) is 0 Å². The van der Waals surface area contributed by atoms with Gasteiger partial charge in [-0.1, -0.05) is 13.3 Å². The molecule has 0 amide bonds. The van der Waals surface area contributed by atoms with Crippen molar-refractivity contribution in [2.75, 3.05) is 46.3 Å². The number of unbranched alkanes of at least 4 members (excludes halogenated alkanes) is 1. The van der Waals surface area contributed by atoms with Crippen LogP contribution in [0.25, 0.3) is 0 Å². The highest BCUT2D eigenvalue weighted by Crippen LogP contribution is 2.12. The zero-order valence-electron chi connectivity index (χ0n) is 12.3. The standard InChI is InChI=1S/C12H25N3O4S/c1-3-4-6-13(2)20(18,19)15-8-5-7-14(9-10-15)11-12(16)17/h3-11H2,1-2H3,(H,16,17). The lowest BCUT2D eigenvalue weighted by molar-refractivity contribution is -0.138. The molecule has 20 heavy (non-hydrogen) atoms. The summed E-state index contributed by atoms with van der Waals surface area (Å²) in [4.78, 5) is 12.5. The van der Waals surface area contributed by atoms with Gasteiger partial charge in [-0.25, -0.2) is 0 Å². The highest BCUT2D eigenvalue weighted by atomic mass is 32.2. The molecule has 0 aromatic rings. The minimum Gasteiger partial charge on any atom is -0.480 e. The van der Waals surface area contributed by atoms with Crippen molar-refractivity contribution in [3.8, 4) is 0 Å². The van der Waals surface area contributed by atoms with Crippen LogP contribution in [-0.4, -0.2) is 79.3 Å². The smallest absolute Gasteiger partial charge is 0.317 e. The molecule has 0 aromatic heterocycles. The second-order valence-electron chi connectivity index (χ2n) is 5.11. The van der Waals surface area contributed by atoms with Crippen LogP contribution in [0.15, 0.2) is 0 Å². The average Bonchev–Trinajstić information content (AvgIpc) is 2.61. The first-order valence-electron chi connectivity index (χ1n) is 7.03. The molecule has 0 aromatic carbocycles. The lowest BCUT2D eigenvalue weighted by atomic mass is 10.3. The first kappa shape index (κ1) is 17.4. The largest absolute Gasteiger partial charge is 0.480 e. The van der Waals surface area contributed by atoms with Gasteiger partial charge in [0.15, 0.2) is 0 Å². The molecule has 1 rings (SSSR count). The van der Waals surface area contributed by atoms with Gasteiger partial charge in [0.05, 0.1) is 6.54 Å². The van der Waals surface area contributed by atoms with Gasteiger partial charge in [0, 0.05) is 39.8 Å². The number of rotatable bonds is 7. The van der Waals surface area contributed by atoms with Crippen molar-refractivity contribution in [2.24, 2.45) is 0 Å². The van der Waals surface area contributed by atoms with E-state index in [0.717, 1.165) is 12.8 Å². The summed E-state index contributed by atoms with van der Waals surface area (Å²) in [6.07, 6.45) is 2.45. The fourth-order valence-electron chi connectivity index (χ4n) is 2.22. The van der Waals surface area contributed by atoms with Gasteiger partial charge < -0.3 is 5.11 Å². The molecule has 1 N–H and O–H groups in total. The Bertz CT molecular complexity index is 413. The summed E-state index contributed by atoms with van der Waals surface area (Å²) >= 11 is 0. The second kappa shape index (κ2) is 7.92. The van der Waals surface area contributed by atoms with Crippen LogP contribution in [-0.2, 0) is 15.0 Å². The predicted octanol–water partition coefficient (Wildman–Crippen LogP) is 0.0554. The van der Waals surface area contributed by atoms with Crippen LogP contribution in [0.4, 0.5) is 0 Å². The summed E-state index contributed by atoms with van der Waals surface area (Å²) in [5.41, 5.74) is 0. The van der Waals surface area contributed by atoms with E-state index >= 15 is 0 Å². The van der Waals surface area contributed by atoms with E-state index in [4.69, 9.17) is 5.11 Å². The Morgan fingerprint density at radius 1 is 1.25 bits per heavy atom. The molecule has 1 aliphatic rings. The molecule has 1 saturated heterocycles. The molecule has 1 heterocycles. The van der Waals surface area contributed by atoms with Gasteiger partial charge in [0.2, 0.25) is 0 Å². The van der Waals surface area contributed by atoms with Crippen LogP contribution in [0.5, 0.6) is 0 Å². The summed E-state index contributed by atoms with van der Waals surface area (Å²) in [6, 6.07) is 0. The van der Waals surface area contributed by atoms with Crippen molar-refractivity contribution in [3.05, 3.63) is 0 Å². The quantitative estimate of drug-likeness (QED) is 0.719. The number of nitrogens with zero attached hydrogens (tertiary/aromatic N) is 3. The Morgan fingerprint density at radius 2 is 1.95 bits per heavy atom. The molecular formula is C12H25N3O4S. The van der Waals surface area contributed by atoms with E-state index in [0.29, 0.717) is 39.1 Å². The lowest BCUT2D eigenvalue weighted by Crippen LogP contribution is -2.44. The first-order valence-corrected chi connectivity index (χ1v) is 8.43. The molecule has 8 heteroatoms. The van der Waals surface area contributed by atoms with Gasteiger partial charge in [-0.2, -0.15) is 17.0 Å². The maximum atomic E-state index is 12.4. The van der Waals surface area contributed by atoms with E-state index in [1.165, 1.54) is 8.61 Å². The number of carboxylic acid groups (broad SMARTS) is 1. The third kappa shape index (κ3) is 5.01. The molecule has 0 radical (unpaired) electrons. The minimum absolute atomic E-state index is 0.0282. The van der Waals surface area contributed by atoms with Gasteiger partial charge in [-0.05, 0) is 12.8 Å². The summed E-state index contributed by atoms with van der Waals surface area (Å²) in [5.74, 6) is -0.874. The van der Waals surface area contributed by atoms with Crippen LogP contribution >= 0.6 is 0 Å². The maximum Gasteiger partial charge on any atom is 0.317 e. The van der Waals surface area contributed by atoms with Crippen molar-refractivity contribution in [2.45, 2.75) is 26.2 Å². The first-order chi connectivity index (χ1) is 9.37. The maximum absolute atomic E-state index is 12.4. The molecule has 0 bridgehead atoms. The number of hydrogen-bond donors (Lipinski definition) is 1. The Morgan fingerprint density at radius 3 is 2.55 bits per heavy atom. The van der Waals surface area contributed by atoms with Crippen LogP contribution < -0.4 is 0 Å². The van der Waals surface area contributed by atoms with E-state index in [1.807, 2.05) is 6.92 Å². The molecule has 118 valence electrons. The average molecular weight is 307 g/mol. The number of aliphatic carboxylic acids is 1. The second-order valence-corrected chi connectivity index (χ2v) is 7.14. The van der Waals surface area contributed by atoms with Crippen molar-refractivity contribution in [3.63, 3.8) is 0 Å². The number of hydrogen-bond acceptors (Lipinski definition) is 4. The lowest BCUT2D eigenvalue weighted by Gasteiger charge is -2.26. The SMILES string of the molecule is CCCCN(C)S(=O)(=O)N1CCCN(CC(=O)O)CC1. The molecule has 1 fully saturated rings. The van der Waals surface area contributed by atoms with E-state index in [-0.39, 0.29) is 6.54 Å². The molecule has 7 nitrogen and oxygen atoms in total. The highest BCUT2D eigenvalue weighted by Gasteiger charge is 2.28. The van der Waals surface area contributed by atoms with E-state index < -0.39 is 16.2 Å². The normalized spacial score (nSPS) is 19.1. The summed E-state index contributed by atoms with van der Waals surface area (Å²) in [6.45, 7) is 4.41. The van der Waals surface area contributed by atoms with Gasteiger partial charge in [-0.15, -0.1) is 0 Å². The van der Waals surface area contributed by atoms with E-state index in [1.54, 1.807) is 11.9 Å². The summed E-state index contributed by atoms with van der Waals surface area (Å²) < 4.78 is 27.6. The van der Waals surface area contributed by atoms with Crippen LogP contribution in [0.3, 0.4) is 0 Å². The predicted molar refractivity (Wildman–Crippen MR) is 76.7 cm³/mol. The van der Waals surface area contributed by atoms with Crippen molar-refractivity contribution < 1.29 is 18.3 Å². The Balaban J connectivity index is 2.61. The molecule has 0 spiro atoms. The van der Waals surface area contributed by atoms with Crippen molar-refractivity contribution in [1.29, 1.82) is 0 Å². The van der Waals surface area contributed by atoms with Crippen LogP contribution in [0, 0.1) is 0 Å². The minimum atomic E-state index is -3.42. The zero-order chi connectivity index (χ0) is 15.2.